The molecule has 0 heterocycles. The van der Waals surface area contributed by atoms with Crippen molar-refractivity contribution in [1.29, 1.82) is 0 Å². The van der Waals surface area contributed by atoms with Crippen LogP contribution < -0.4 is 0 Å². The molecule has 3 heteroatoms. The zero-order chi connectivity index (χ0) is 14.8. The third-order valence-electron chi connectivity index (χ3n) is 3.51. The van der Waals surface area contributed by atoms with Gasteiger partial charge in [0.25, 0.3) is 0 Å². The standard InChI is InChI=1S/C17H17BrO2/c1-17(2,16(19)20)14-8-6-12(7-9-14)10-13-4-3-5-15(18)11-13/h3-9,11H,10H2,1-2H3,(H,19,20). The third-order valence-corrected chi connectivity index (χ3v) is 4.00. The molecule has 0 aliphatic rings. The molecule has 0 atom stereocenters. The number of halogens is 1. The van der Waals surface area contributed by atoms with Crippen molar-refractivity contribution in [3.05, 3.63) is 69.7 Å². The highest BCUT2D eigenvalue weighted by Gasteiger charge is 2.28. The summed E-state index contributed by atoms with van der Waals surface area (Å²) in [5.41, 5.74) is 2.37. The molecule has 0 radical (unpaired) electrons. The minimum atomic E-state index is -0.853. The van der Waals surface area contributed by atoms with Crippen molar-refractivity contribution in [3.63, 3.8) is 0 Å². The van der Waals surface area contributed by atoms with Gasteiger partial charge in [0.1, 0.15) is 0 Å². The lowest BCUT2D eigenvalue weighted by molar-refractivity contribution is -0.142. The molecule has 0 unspecified atom stereocenters. The van der Waals surface area contributed by atoms with Crippen LogP contribution >= 0.6 is 15.9 Å². The van der Waals surface area contributed by atoms with Crippen LogP contribution in [0.25, 0.3) is 0 Å². The number of carboxylic acid groups (broad SMARTS) is 1. The first-order valence-corrected chi connectivity index (χ1v) is 7.26. The molecular weight excluding hydrogens is 316 g/mol. The SMILES string of the molecule is CC(C)(C(=O)O)c1ccc(Cc2cccc(Br)c2)cc1. The third kappa shape index (κ3) is 3.28. The van der Waals surface area contributed by atoms with Crippen LogP contribution in [0.2, 0.25) is 0 Å². The van der Waals surface area contributed by atoms with Gasteiger partial charge in [-0.25, -0.2) is 0 Å². The zero-order valence-corrected chi connectivity index (χ0v) is 13.1. The Morgan fingerprint density at radius 3 is 2.30 bits per heavy atom. The van der Waals surface area contributed by atoms with E-state index in [1.807, 2.05) is 36.4 Å². The fourth-order valence-corrected chi connectivity index (χ4v) is 2.49. The summed E-state index contributed by atoms with van der Waals surface area (Å²) in [7, 11) is 0. The Hall–Kier alpha value is -1.61. The predicted molar refractivity (Wildman–Crippen MR) is 84.1 cm³/mol. The molecule has 104 valence electrons. The number of hydrogen-bond acceptors (Lipinski definition) is 1. The highest BCUT2D eigenvalue weighted by molar-refractivity contribution is 9.10. The van der Waals surface area contributed by atoms with Crippen molar-refractivity contribution in [2.45, 2.75) is 25.7 Å². The van der Waals surface area contributed by atoms with Crippen LogP contribution in [0, 0.1) is 0 Å². The Bertz CT molecular complexity index is 615. The van der Waals surface area contributed by atoms with E-state index in [-0.39, 0.29) is 0 Å². The van der Waals surface area contributed by atoms with Crippen LogP contribution in [-0.2, 0) is 16.6 Å². The maximum Gasteiger partial charge on any atom is 0.313 e. The molecule has 2 aromatic carbocycles. The summed E-state index contributed by atoms with van der Waals surface area (Å²) < 4.78 is 1.07. The van der Waals surface area contributed by atoms with Crippen LogP contribution in [0.1, 0.15) is 30.5 Å². The van der Waals surface area contributed by atoms with Gasteiger partial charge >= 0.3 is 5.97 Å². The van der Waals surface area contributed by atoms with Crippen LogP contribution in [0.5, 0.6) is 0 Å². The van der Waals surface area contributed by atoms with Crippen LogP contribution in [0.3, 0.4) is 0 Å². The summed E-state index contributed by atoms with van der Waals surface area (Å²) in [6.07, 6.45) is 0.840. The van der Waals surface area contributed by atoms with E-state index in [1.165, 1.54) is 11.1 Å². The number of carbonyl (C=O) groups is 1. The maximum absolute atomic E-state index is 11.2. The fraction of sp³-hybridized carbons (Fsp3) is 0.235. The van der Waals surface area contributed by atoms with Gasteiger partial charge in [-0.1, -0.05) is 52.3 Å². The average Bonchev–Trinajstić information content (AvgIpc) is 2.39. The molecule has 1 N–H and O–H groups in total. The van der Waals surface area contributed by atoms with Gasteiger partial charge in [-0.3, -0.25) is 4.79 Å². The second-order valence-corrected chi connectivity index (χ2v) is 6.35. The summed E-state index contributed by atoms with van der Waals surface area (Å²) in [6, 6.07) is 16.0. The summed E-state index contributed by atoms with van der Waals surface area (Å²) in [5, 5.41) is 9.22. The number of hydrogen-bond donors (Lipinski definition) is 1. The molecular formula is C17H17BrO2. The molecule has 2 aromatic rings. The van der Waals surface area contributed by atoms with E-state index in [2.05, 4.69) is 28.1 Å². The van der Waals surface area contributed by atoms with Gasteiger partial charge in [0.05, 0.1) is 5.41 Å². The van der Waals surface area contributed by atoms with Crippen LogP contribution in [0.4, 0.5) is 0 Å². The summed E-state index contributed by atoms with van der Waals surface area (Å²) >= 11 is 3.46. The van der Waals surface area contributed by atoms with E-state index < -0.39 is 11.4 Å². The summed E-state index contributed by atoms with van der Waals surface area (Å²) in [4.78, 5) is 11.2. The van der Waals surface area contributed by atoms with Gasteiger partial charge < -0.3 is 5.11 Å². The Kier molecular flexibility index (Phi) is 4.29. The summed E-state index contributed by atoms with van der Waals surface area (Å²) in [5.74, 6) is -0.808. The smallest absolute Gasteiger partial charge is 0.313 e. The molecule has 0 amide bonds. The zero-order valence-electron chi connectivity index (χ0n) is 11.6. The van der Waals surface area contributed by atoms with E-state index >= 15 is 0 Å². The molecule has 0 bridgehead atoms. The number of carboxylic acids is 1. The van der Waals surface area contributed by atoms with Gasteiger partial charge in [-0.15, -0.1) is 0 Å². The van der Waals surface area contributed by atoms with Crippen molar-refractivity contribution in [2.75, 3.05) is 0 Å². The molecule has 0 aromatic heterocycles. The number of aliphatic carboxylic acids is 1. The van der Waals surface area contributed by atoms with E-state index in [9.17, 15) is 9.90 Å². The Balaban J connectivity index is 2.19. The molecule has 0 aliphatic carbocycles. The average molecular weight is 333 g/mol. The molecule has 0 saturated heterocycles. The Morgan fingerprint density at radius 1 is 1.10 bits per heavy atom. The van der Waals surface area contributed by atoms with Gasteiger partial charge in [0.15, 0.2) is 0 Å². The van der Waals surface area contributed by atoms with Crippen molar-refractivity contribution >= 4 is 21.9 Å². The number of benzene rings is 2. The minimum Gasteiger partial charge on any atom is -0.481 e. The molecule has 0 fully saturated rings. The lowest BCUT2D eigenvalue weighted by atomic mass is 9.84. The second kappa shape index (κ2) is 5.80. The van der Waals surface area contributed by atoms with Gasteiger partial charge in [-0.05, 0) is 49.1 Å². The Morgan fingerprint density at radius 2 is 1.75 bits per heavy atom. The first-order valence-electron chi connectivity index (χ1n) is 6.47. The molecule has 20 heavy (non-hydrogen) atoms. The first-order chi connectivity index (χ1) is 9.39. The van der Waals surface area contributed by atoms with E-state index in [0.29, 0.717) is 0 Å². The van der Waals surface area contributed by atoms with Crippen molar-refractivity contribution < 1.29 is 9.90 Å². The Labute approximate surface area is 127 Å². The van der Waals surface area contributed by atoms with Crippen LogP contribution in [-0.4, -0.2) is 11.1 Å². The van der Waals surface area contributed by atoms with Crippen molar-refractivity contribution in [3.8, 4) is 0 Å². The molecule has 0 aliphatic heterocycles. The topological polar surface area (TPSA) is 37.3 Å². The fourth-order valence-electron chi connectivity index (χ4n) is 2.05. The lowest BCUT2D eigenvalue weighted by Crippen LogP contribution is -2.28. The van der Waals surface area contributed by atoms with E-state index in [4.69, 9.17) is 0 Å². The van der Waals surface area contributed by atoms with Gasteiger partial charge in [-0.2, -0.15) is 0 Å². The molecule has 0 saturated carbocycles. The largest absolute Gasteiger partial charge is 0.481 e. The van der Waals surface area contributed by atoms with Gasteiger partial charge in [0.2, 0.25) is 0 Å². The highest BCUT2D eigenvalue weighted by Crippen LogP contribution is 2.24. The maximum atomic E-state index is 11.2. The van der Waals surface area contributed by atoms with Gasteiger partial charge in [0, 0.05) is 4.47 Å². The molecule has 0 spiro atoms. The number of rotatable bonds is 4. The minimum absolute atomic E-state index is 0.808. The van der Waals surface area contributed by atoms with E-state index in [0.717, 1.165) is 16.5 Å². The predicted octanol–water partition coefficient (Wildman–Crippen LogP) is 4.40. The first kappa shape index (κ1) is 14.8. The highest BCUT2D eigenvalue weighted by atomic mass is 79.9. The normalized spacial score (nSPS) is 11.3. The lowest BCUT2D eigenvalue weighted by Gasteiger charge is -2.19. The quantitative estimate of drug-likeness (QED) is 0.900. The van der Waals surface area contributed by atoms with Crippen molar-refractivity contribution in [1.82, 2.24) is 0 Å². The monoisotopic (exact) mass is 332 g/mol. The van der Waals surface area contributed by atoms with Crippen molar-refractivity contribution in [2.24, 2.45) is 0 Å². The molecule has 2 nitrogen and oxygen atoms in total. The van der Waals surface area contributed by atoms with Crippen LogP contribution in [0.15, 0.2) is 53.0 Å². The molecule has 2 rings (SSSR count). The second-order valence-electron chi connectivity index (χ2n) is 5.43. The summed E-state index contributed by atoms with van der Waals surface area (Å²) in [6.45, 7) is 3.44. The van der Waals surface area contributed by atoms with E-state index in [1.54, 1.807) is 13.8 Å².